The van der Waals surface area contributed by atoms with Crippen molar-refractivity contribution in [2.45, 2.75) is 13.8 Å². The summed E-state index contributed by atoms with van der Waals surface area (Å²) in [4.78, 5) is 2.34. The van der Waals surface area contributed by atoms with Gasteiger partial charge in [0.25, 0.3) is 0 Å². The summed E-state index contributed by atoms with van der Waals surface area (Å²) >= 11 is 0. The molecular formula is C50H39N. The third-order valence-corrected chi connectivity index (χ3v) is 9.67. The number of nitrogens with zero attached hydrogens (tertiary/aromatic N) is 1. The molecule has 0 aliphatic rings. The molecule has 0 saturated heterocycles. The Labute approximate surface area is 301 Å². The smallest absolute Gasteiger partial charge is 0.0462 e. The molecule has 0 fully saturated rings. The van der Waals surface area contributed by atoms with Crippen LogP contribution in [0.3, 0.4) is 0 Å². The van der Waals surface area contributed by atoms with Crippen molar-refractivity contribution in [2.24, 2.45) is 0 Å². The van der Waals surface area contributed by atoms with Crippen molar-refractivity contribution in [1.82, 2.24) is 0 Å². The molecule has 1 heteroatoms. The first-order valence-corrected chi connectivity index (χ1v) is 17.6. The highest BCUT2D eigenvalue weighted by Crippen LogP contribution is 2.42. The molecule has 0 unspecified atom stereocenters. The van der Waals surface area contributed by atoms with E-state index in [4.69, 9.17) is 0 Å². The van der Waals surface area contributed by atoms with Gasteiger partial charge in [-0.3, -0.25) is 0 Å². The van der Waals surface area contributed by atoms with E-state index in [0.29, 0.717) is 0 Å². The van der Waals surface area contributed by atoms with Crippen molar-refractivity contribution < 1.29 is 0 Å². The molecule has 0 spiro atoms. The van der Waals surface area contributed by atoms with Crippen molar-refractivity contribution in [3.05, 3.63) is 211 Å². The first-order valence-electron chi connectivity index (χ1n) is 17.6. The van der Waals surface area contributed by atoms with Crippen molar-refractivity contribution >= 4 is 17.1 Å². The molecule has 0 bridgehead atoms. The Morgan fingerprint density at radius 1 is 0.255 bits per heavy atom. The molecule has 8 rings (SSSR count). The van der Waals surface area contributed by atoms with Crippen LogP contribution in [0.25, 0.3) is 55.6 Å². The number of aryl methyl sites for hydroxylation is 2. The molecule has 0 aliphatic carbocycles. The molecular weight excluding hydrogens is 615 g/mol. The standard InChI is InChI=1S/C50H39N/c1-36-16-20-42(21-17-36)48-14-9-15-49(50(48)44-22-18-37(2)19-23-44)43-28-34-47(35-29-43)51(45-30-24-40(25-31-45)38-10-5-3-6-11-38)46-32-26-41(27-33-46)39-12-7-4-8-13-39/h3-35H,1-2H3. The fourth-order valence-electron chi connectivity index (χ4n) is 6.90. The summed E-state index contributed by atoms with van der Waals surface area (Å²) in [5, 5.41) is 0. The van der Waals surface area contributed by atoms with Gasteiger partial charge in [0.1, 0.15) is 0 Å². The Morgan fingerprint density at radius 3 is 0.961 bits per heavy atom. The van der Waals surface area contributed by atoms with E-state index in [1.54, 1.807) is 0 Å². The lowest BCUT2D eigenvalue weighted by molar-refractivity contribution is 1.28. The van der Waals surface area contributed by atoms with Gasteiger partial charge in [-0.15, -0.1) is 0 Å². The van der Waals surface area contributed by atoms with E-state index in [1.807, 2.05) is 0 Å². The Kier molecular flexibility index (Phi) is 8.85. The summed E-state index contributed by atoms with van der Waals surface area (Å²) in [6.45, 7) is 4.28. The average molecular weight is 654 g/mol. The van der Waals surface area contributed by atoms with E-state index in [2.05, 4.69) is 219 Å². The van der Waals surface area contributed by atoms with Crippen molar-refractivity contribution in [1.29, 1.82) is 0 Å². The molecule has 1 nitrogen and oxygen atoms in total. The Hall–Kier alpha value is -6.44. The van der Waals surface area contributed by atoms with Crippen LogP contribution in [-0.4, -0.2) is 0 Å². The molecule has 0 saturated carbocycles. The molecule has 8 aromatic carbocycles. The number of hydrogen-bond donors (Lipinski definition) is 0. The molecule has 8 aromatic rings. The first-order chi connectivity index (χ1) is 25.1. The highest BCUT2D eigenvalue weighted by Gasteiger charge is 2.17. The Morgan fingerprint density at radius 2 is 0.569 bits per heavy atom. The summed E-state index contributed by atoms with van der Waals surface area (Å²) in [7, 11) is 0. The predicted octanol–water partition coefficient (Wildman–Crippen LogP) is 14.1. The van der Waals surface area contributed by atoms with Crippen LogP contribution in [-0.2, 0) is 0 Å². The number of anilines is 3. The number of hydrogen-bond acceptors (Lipinski definition) is 1. The van der Waals surface area contributed by atoms with E-state index >= 15 is 0 Å². The van der Waals surface area contributed by atoms with Crippen LogP contribution in [0.5, 0.6) is 0 Å². The zero-order valence-electron chi connectivity index (χ0n) is 29.0. The van der Waals surface area contributed by atoms with E-state index in [-0.39, 0.29) is 0 Å². The minimum absolute atomic E-state index is 1.10. The van der Waals surface area contributed by atoms with Crippen LogP contribution >= 0.6 is 0 Å². The lowest BCUT2D eigenvalue weighted by Crippen LogP contribution is -2.09. The van der Waals surface area contributed by atoms with Crippen molar-refractivity contribution in [2.75, 3.05) is 4.90 Å². The highest BCUT2D eigenvalue weighted by atomic mass is 15.1. The van der Waals surface area contributed by atoms with Crippen LogP contribution in [0, 0.1) is 13.8 Å². The summed E-state index contributed by atoms with van der Waals surface area (Å²) < 4.78 is 0. The van der Waals surface area contributed by atoms with Gasteiger partial charge in [0, 0.05) is 17.1 Å². The minimum Gasteiger partial charge on any atom is -0.311 e. The summed E-state index contributed by atoms with van der Waals surface area (Å²) in [6, 6.07) is 72.4. The van der Waals surface area contributed by atoms with Gasteiger partial charge in [0.15, 0.2) is 0 Å². The zero-order valence-corrected chi connectivity index (χ0v) is 29.0. The van der Waals surface area contributed by atoms with Gasteiger partial charge in [-0.05, 0) is 106 Å². The summed E-state index contributed by atoms with van der Waals surface area (Å²) in [5.41, 5.74) is 18.0. The molecule has 0 aliphatic heterocycles. The fourth-order valence-corrected chi connectivity index (χ4v) is 6.90. The molecule has 51 heavy (non-hydrogen) atoms. The van der Waals surface area contributed by atoms with E-state index < -0.39 is 0 Å². The van der Waals surface area contributed by atoms with Crippen LogP contribution in [0.4, 0.5) is 17.1 Å². The third-order valence-electron chi connectivity index (χ3n) is 9.67. The maximum Gasteiger partial charge on any atom is 0.0462 e. The van der Waals surface area contributed by atoms with Crippen LogP contribution < -0.4 is 4.90 Å². The highest BCUT2D eigenvalue weighted by molar-refractivity contribution is 5.95. The second-order valence-corrected chi connectivity index (χ2v) is 13.2. The van der Waals surface area contributed by atoms with Crippen molar-refractivity contribution in [3.63, 3.8) is 0 Å². The number of rotatable bonds is 8. The van der Waals surface area contributed by atoms with Gasteiger partial charge in [-0.25, -0.2) is 0 Å². The lowest BCUT2D eigenvalue weighted by Gasteiger charge is -2.26. The molecule has 244 valence electrons. The molecule has 0 atom stereocenters. The second kappa shape index (κ2) is 14.2. The monoisotopic (exact) mass is 653 g/mol. The summed E-state index contributed by atoms with van der Waals surface area (Å²) in [5.74, 6) is 0. The first kappa shape index (κ1) is 31.8. The van der Waals surface area contributed by atoms with Gasteiger partial charge >= 0.3 is 0 Å². The van der Waals surface area contributed by atoms with Gasteiger partial charge < -0.3 is 4.90 Å². The maximum atomic E-state index is 2.34. The Balaban J connectivity index is 1.21. The molecule has 0 radical (unpaired) electrons. The fraction of sp³-hybridized carbons (Fsp3) is 0.0400. The average Bonchev–Trinajstić information content (AvgIpc) is 3.20. The molecule has 0 heterocycles. The summed E-state index contributed by atoms with van der Waals surface area (Å²) in [6.07, 6.45) is 0. The normalized spacial score (nSPS) is 10.9. The van der Waals surface area contributed by atoms with E-state index in [9.17, 15) is 0 Å². The van der Waals surface area contributed by atoms with E-state index in [1.165, 1.54) is 66.8 Å². The van der Waals surface area contributed by atoms with Crippen LogP contribution in [0.2, 0.25) is 0 Å². The second-order valence-electron chi connectivity index (χ2n) is 13.2. The molecule has 0 N–H and O–H groups in total. The quantitative estimate of drug-likeness (QED) is 0.158. The largest absolute Gasteiger partial charge is 0.311 e. The topological polar surface area (TPSA) is 3.24 Å². The SMILES string of the molecule is Cc1ccc(-c2cccc(-c3ccc(N(c4ccc(-c5ccccc5)cc4)c4ccc(-c5ccccc5)cc4)cc3)c2-c2ccc(C)cc2)cc1. The van der Waals surface area contributed by atoms with Gasteiger partial charge in [-0.1, -0.05) is 175 Å². The molecule has 0 aromatic heterocycles. The van der Waals surface area contributed by atoms with Crippen LogP contribution in [0.15, 0.2) is 200 Å². The van der Waals surface area contributed by atoms with Gasteiger partial charge in [0.2, 0.25) is 0 Å². The van der Waals surface area contributed by atoms with E-state index in [0.717, 1.165) is 17.1 Å². The van der Waals surface area contributed by atoms with Crippen LogP contribution in [0.1, 0.15) is 11.1 Å². The Bertz CT molecular complexity index is 2270. The maximum absolute atomic E-state index is 2.34. The minimum atomic E-state index is 1.10. The zero-order chi connectivity index (χ0) is 34.6. The third kappa shape index (κ3) is 6.75. The number of benzene rings is 8. The molecule has 0 amide bonds. The van der Waals surface area contributed by atoms with Gasteiger partial charge in [0.05, 0.1) is 0 Å². The van der Waals surface area contributed by atoms with Gasteiger partial charge in [-0.2, -0.15) is 0 Å². The predicted molar refractivity (Wildman–Crippen MR) is 218 cm³/mol. The van der Waals surface area contributed by atoms with Crippen molar-refractivity contribution in [3.8, 4) is 55.6 Å². The lowest BCUT2D eigenvalue weighted by atomic mass is 9.87.